The third-order valence-electron chi connectivity index (χ3n) is 0.654. The van der Waals surface area contributed by atoms with Gasteiger partial charge in [-0.2, -0.15) is 30.4 Å². The summed E-state index contributed by atoms with van der Waals surface area (Å²) < 4.78 is 82.2. The molecule has 0 unspecified atom stereocenters. The average Bonchev–Trinajstić information content (AvgIpc) is 1.58. The summed E-state index contributed by atoms with van der Waals surface area (Å²) >= 11 is 0. The minimum atomic E-state index is -6.42. The number of hydrogen-bond acceptors (Lipinski definition) is 2. The Hall–Kier alpha value is 1.20. The van der Waals surface area contributed by atoms with Gasteiger partial charge in [-0.1, -0.05) is 0 Å². The summed E-state index contributed by atoms with van der Waals surface area (Å²) in [5.41, 5.74) is 0. The van der Waals surface area contributed by atoms with E-state index in [2.05, 4.69) is 0 Å². The molecule has 0 radical (unpaired) electrons. The van der Waals surface area contributed by atoms with Crippen LogP contribution in [0.15, 0.2) is 0 Å². The third kappa shape index (κ3) is 3.16. The van der Waals surface area contributed by atoms with Crippen molar-refractivity contribution in [2.45, 2.75) is 11.4 Å². The molecule has 12 heavy (non-hydrogen) atoms. The van der Waals surface area contributed by atoms with E-state index in [1.54, 1.807) is 0 Å². The summed E-state index contributed by atoms with van der Waals surface area (Å²) in [6.45, 7) is 0. The molecule has 0 aromatic heterocycles. The van der Waals surface area contributed by atoms with Crippen molar-refractivity contribution in [3.63, 3.8) is 0 Å². The van der Waals surface area contributed by atoms with Crippen LogP contribution in [0.1, 0.15) is 0 Å². The fourth-order valence-electron chi connectivity index (χ4n) is 0.146. The maximum atomic E-state index is 11.5. The second-order valence-corrected chi connectivity index (χ2v) is 2.95. The number of rotatable bonds is 1. The van der Waals surface area contributed by atoms with Crippen LogP contribution >= 0.6 is 0 Å². The van der Waals surface area contributed by atoms with E-state index in [0.29, 0.717) is 0 Å². The van der Waals surface area contributed by atoms with Crippen molar-refractivity contribution in [1.82, 2.24) is 0 Å². The molecule has 70 valence electrons. The zero-order valence-electron chi connectivity index (χ0n) is 4.56. The number of halogens is 5. The van der Waals surface area contributed by atoms with Crippen LogP contribution in [0.25, 0.3) is 0 Å². The van der Waals surface area contributed by atoms with E-state index in [1.165, 1.54) is 0 Å². The normalized spacial score (nSPS) is 13.8. The van der Waals surface area contributed by atoms with Gasteiger partial charge in [0.25, 0.3) is 0 Å². The second-order valence-electron chi connectivity index (χ2n) is 1.49. The van der Waals surface area contributed by atoms with E-state index < -0.39 is 21.5 Å². The van der Waals surface area contributed by atoms with Crippen molar-refractivity contribution in [2.24, 2.45) is 0 Å². The third-order valence-corrected chi connectivity index (χ3v) is 1.53. The first-order chi connectivity index (χ1) is 4.50. The quantitative estimate of drug-likeness (QED) is 0.409. The minimum absolute atomic E-state index is 0. The summed E-state index contributed by atoms with van der Waals surface area (Å²) in [6, 6.07) is 0. The van der Waals surface area contributed by atoms with Crippen molar-refractivity contribution in [3.8, 4) is 0 Å². The fourth-order valence-corrected chi connectivity index (χ4v) is 0.439. The van der Waals surface area contributed by atoms with E-state index in [0.717, 1.165) is 0 Å². The molecule has 0 spiro atoms. The van der Waals surface area contributed by atoms with E-state index in [9.17, 15) is 30.4 Å². The Bertz CT molecular complexity index is 242. The number of hydrogen-bond donors (Lipinski definition) is 1. The van der Waals surface area contributed by atoms with Gasteiger partial charge in [-0.15, -0.1) is 0 Å². The van der Waals surface area contributed by atoms with Crippen molar-refractivity contribution in [1.29, 1.82) is 0 Å². The van der Waals surface area contributed by atoms with Crippen LogP contribution < -0.4 is 0 Å². The van der Waals surface area contributed by atoms with Crippen LogP contribution in [0, 0.1) is 0 Å². The van der Waals surface area contributed by atoms with Gasteiger partial charge in [-0.05, 0) is 0 Å². The SMILES string of the molecule is O=S(=O)(O)C(F)(F)C(F)(F)F.[KH]. The van der Waals surface area contributed by atoms with Crippen LogP contribution in [-0.4, -0.2) is 75.8 Å². The molecule has 0 bridgehead atoms. The molecule has 0 saturated heterocycles. The standard InChI is InChI=1S/C2HF5O3S.K.H/c3-1(4,5)2(6,7)11(8,9)10;;/h(H,8,9,10);;. The van der Waals surface area contributed by atoms with E-state index in [4.69, 9.17) is 4.55 Å². The van der Waals surface area contributed by atoms with Gasteiger partial charge in [0.1, 0.15) is 0 Å². The zero-order chi connectivity index (χ0) is 9.50. The fraction of sp³-hybridized carbons (Fsp3) is 1.00. The van der Waals surface area contributed by atoms with Gasteiger partial charge < -0.3 is 0 Å². The van der Waals surface area contributed by atoms with Gasteiger partial charge in [0.05, 0.1) is 0 Å². The molecule has 0 rings (SSSR count). The molecule has 0 amide bonds. The first kappa shape index (κ1) is 15.7. The van der Waals surface area contributed by atoms with Gasteiger partial charge >= 0.3 is 72.9 Å². The molecule has 0 heterocycles. The summed E-state index contributed by atoms with van der Waals surface area (Å²) in [5, 5.41) is -6.10. The topological polar surface area (TPSA) is 54.4 Å². The van der Waals surface area contributed by atoms with Gasteiger partial charge in [-0.25, -0.2) is 0 Å². The monoisotopic (exact) mass is 240 g/mol. The first-order valence-electron chi connectivity index (χ1n) is 1.91. The molecule has 0 aliphatic heterocycles. The molecule has 0 aliphatic carbocycles. The molecule has 1 N–H and O–H groups in total. The van der Waals surface area contributed by atoms with Gasteiger partial charge in [0, 0.05) is 0 Å². The summed E-state index contributed by atoms with van der Waals surface area (Å²) in [4.78, 5) is 0. The van der Waals surface area contributed by atoms with Crippen molar-refractivity contribution in [3.05, 3.63) is 0 Å². The molecular weight excluding hydrogens is 238 g/mol. The van der Waals surface area contributed by atoms with Crippen molar-refractivity contribution >= 4 is 61.5 Å². The van der Waals surface area contributed by atoms with Crippen LogP contribution in [0.5, 0.6) is 0 Å². The molecule has 0 aromatic rings. The molecular formula is C2H2F5KO3S. The molecule has 0 saturated carbocycles. The summed E-state index contributed by atoms with van der Waals surface area (Å²) in [6.07, 6.45) is -6.29. The van der Waals surface area contributed by atoms with Gasteiger partial charge in [0.2, 0.25) is 0 Å². The average molecular weight is 240 g/mol. The Morgan fingerprint density at radius 1 is 1.00 bits per heavy atom. The van der Waals surface area contributed by atoms with Gasteiger partial charge in [-0.3, -0.25) is 4.55 Å². The summed E-state index contributed by atoms with van der Waals surface area (Å²) in [5.74, 6) is 0. The number of alkyl halides is 5. The Morgan fingerprint density at radius 3 is 1.25 bits per heavy atom. The maximum absolute atomic E-state index is 11.5. The van der Waals surface area contributed by atoms with Crippen LogP contribution in [-0.2, 0) is 10.1 Å². The predicted octanol–water partition coefficient (Wildman–Crippen LogP) is 0.381. The van der Waals surface area contributed by atoms with E-state index in [1.807, 2.05) is 0 Å². The molecule has 0 aliphatic rings. The van der Waals surface area contributed by atoms with Gasteiger partial charge in [0.15, 0.2) is 0 Å². The van der Waals surface area contributed by atoms with Crippen LogP contribution in [0.4, 0.5) is 22.0 Å². The van der Waals surface area contributed by atoms with Crippen molar-refractivity contribution in [2.75, 3.05) is 0 Å². The summed E-state index contributed by atoms with van der Waals surface area (Å²) in [7, 11) is -6.42. The first-order valence-corrected chi connectivity index (χ1v) is 3.36. The van der Waals surface area contributed by atoms with Crippen molar-refractivity contribution < 1.29 is 34.9 Å². The predicted molar refractivity (Wildman–Crippen MR) is 29.7 cm³/mol. The van der Waals surface area contributed by atoms with E-state index >= 15 is 0 Å². The molecule has 0 fully saturated rings. The second kappa shape index (κ2) is 4.15. The van der Waals surface area contributed by atoms with E-state index in [-0.39, 0.29) is 51.4 Å². The molecule has 3 nitrogen and oxygen atoms in total. The Balaban J connectivity index is 0. The molecule has 0 atom stereocenters. The zero-order valence-corrected chi connectivity index (χ0v) is 5.38. The Labute approximate surface area is 106 Å². The Kier molecular flexibility index (Phi) is 5.41. The van der Waals surface area contributed by atoms with Crippen LogP contribution in [0.2, 0.25) is 0 Å². The molecule has 0 aromatic carbocycles. The molecule has 10 heteroatoms. The van der Waals surface area contributed by atoms with Crippen LogP contribution in [0.3, 0.4) is 0 Å². The Morgan fingerprint density at radius 2 is 1.25 bits per heavy atom.